The molecule has 0 radical (unpaired) electrons. The predicted octanol–water partition coefficient (Wildman–Crippen LogP) is 3.64. The molecule has 0 aliphatic rings. The number of hydrogen-bond donors (Lipinski definition) is 0. The number of ketones is 1. The van der Waals surface area contributed by atoms with Gasteiger partial charge in [0.25, 0.3) is 0 Å². The van der Waals surface area contributed by atoms with Crippen LogP contribution < -0.4 is 0 Å². The Hall–Kier alpha value is -1.54. The summed E-state index contributed by atoms with van der Waals surface area (Å²) in [4.78, 5) is 11.2. The molecule has 0 fully saturated rings. The molecule has 1 aromatic carbocycles. The van der Waals surface area contributed by atoms with Gasteiger partial charge in [0.15, 0.2) is 5.78 Å². The van der Waals surface area contributed by atoms with E-state index < -0.39 is 22.9 Å². The number of carbonyl (C=O) groups is 1. The van der Waals surface area contributed by atoms with Crippen LogP contribution in [0.25, 0.3) is 0 Å². The molecule has 0 heterocycles. The van der Waals surface area contributed by atoms with Crippen LogP contribution in [0.5, 0.6) is 0 Å². The lowest BCUT2D eigenvalue weighted by Gasteiger charge is -2.14. The summed E-state index contributed by atoms with van der Waals surface area (Å²) in [5.41, 5.74) is -0.507. The molecule has 0 aromatic heterocycles. The van der Waals surface area contributed by atoms with Crippen molar-refractivity contribution >= 4 is 17.4 Å². The van der Waals surface area contributed by atoms with Crippen molar-refractivity contribution in [3.8, 4) is 6.07 Å². The van der Waals surface area contributed by atoms with Crippen molar-refractivity contribution < 1.29 is 18.0 Å². The maximum Gasteiger partial charge on any atom is 0.416 e. The van der Waals surface area contributed by atoms with Crippen molar-refractivity contribution in [3.05, 3.63) is 34.9 Å². The lowest BCUT2D eigenvalue weighted by Crippen LogP contribution is -2.10. The van der Waals surface area contributed by atoms with Crippen LogP contribution in [0.15, 0.2) is 18.2 Å². The summed E-state index contributed by atoms with van der Waals surface area (Å²) in [7, 11) is 0. The standard InChI is InChI=1S/C12H9ClF3NO/c1-7(18)11(13)10-6-9(12(14,15)16)3-2-8(10)4-5-17/h2-3,6,11H,4H2,1H3. The Morgan fingerprint density at radius 3 is 2.56 bits per heavy atom. The Labute approximate surface area is 107 Å². The van der Waals surface area contributed by atoms with E-state index in [1.165, 1.54) is 13.0 Å². The van der Waals surface area contributed by atoms with Crippen LogP contribution in [0.3, 0.4) is 0 Å². The monoisotopic (exact) mass is 275 g/mol. The minimum Gasteiger partial charge on any atom is -0.298 e. The highest BCUT2D eigenvalue weighted by Gasteiger charge is 2.32. The minimum atomic E-state index is -4.51. The van der Waals surface area contributed by atoms with Gasteiger partial charge in [0.2, 0.25) is 0 Å². The SMILES string of the molecule is CC(=O)C(Cl)c1cc(C(F)(F)F)ccc1CC#N. The van der Waals surface area contributed by atoms with Crippen LogP contribution >= 0.6 is 11.6 Å². The fourth-order valence-corrected chi connectivity index (χ4v) is 1.68. The molecule has 0 spiro atoms. The molecule has 0 saturated heterocycles. The van der Waals surface area contributed by atoms with Crippen LogP contribution in [-0.2, 0) is 17.4 Å². The van der Waals surface area contributed by atoms with Gasteiger partial charge in [-0.15, -0.1) is 11.6 Å². The molecule has 18 heavy (non-hydrogen) atoms. The first-order chi connectivity index (χ1) is 8.27. The average molecular weight is 276 g/mol. The Morgan fingerprint density at radius 1 is 1.50 bits per heavy atom. The molecule has 0 bridgehead atoms. The topological polar surface area (TPSA) is 40.9 Å². The molecule has 2 nitrogen and oxygen atoms in total. The number of Topliss-reactive ketones (excluding diaryl/α,β-unsaturated/α-hetero) is 1. The zero-order chi connectivity index (χ0) is 13.9. The van der Waals surface area contributed by atoms with E-state index in [9.17, 15) is 18.0 Å². The lowest BCUT2D eigenvalue weighted by molar-refractivity contribution is -0.137. The number of benzene rings is 1. The van der Waals surface area contributed by atoms with Crippen LogP contribution in [0.2, 0.25) is 0 Å². The number of carbonyl (C=O) groups excluding carboxylic acids is 1. The van der Waals surface area contributed by atoms with E-state index >= 15 is 0 Å². The van der Waals surface area contributed by atoms with E-state index in [1.54, 1.807) is 0 Å². The Bertz CT molecular complexity index is 505. The maximum absolute atomic E-state index is 12.6. The second-order valence-corrected chi connectivity index (χ2v) is 4.16. The maximum atomic E-state index is 12.6. The molecule has 0 amide bonds. The summed E-state index contributed by atoms with van der Waals surface area (Å²) >= 11 is 5.78. The van der Waals surface area contributed by atoms with Gasteiger partial charge in [0, 0.05) is 0 Å². The van der Waals surface area contributed by atoms with Gasteiger partial charge < -0.3 is 0 Å². The molecule has 6 heteroatoms. The predicted molar refractivity (Wildman–Crippen MR) is 60.0 cm³/mol. The second-order valence-electron chi connectivity index (χ2n) is 3.72. The van der Waals surface area contributed by atoms with Crippen molar-refractivity contribution in [2.24, 2.45) is 0 Å². The number of nitriles is 1. The average Bonchev–Trinajstić information content (AvgIpc) is 2.27. The van der Waals surface area contributed by atoms with Gasteiger partial charge in [-0.1, -0.05) is 6.07 Å². The van der Waals surface area contributed by atoms with Gasteiger partial charge in [0.05, 0.1) is 18.1 Å². The Kier molecular flexibility index (Phi) is 4.36. The lowest BCUT2D eigenvalue weighted by atomic mass is 9.97. The van der Waals surface area contributed by atoms with Crippen LogP contribution in [-0.4, -0.2) is 5.78 Å². The third kappa shape index (κ3) is 3.23. The highest BCUT2D eigenvalue weighted by molar-refractivity contribution is 6.30. The fraction of sp³-hybridized carbons (Fsp3) is 0.333. The zero-order valence-corrected chi connectivity index (χ0v) is 10.1. The summed E-state index contributed by atoms with van der Waals surface area (Å²) in [5, 5.41) is 7.42. The Morgan fingerprint density at radius 2 is 2.11 bits per heavy atom. The number of hydrogen-bond acceptors (Lipinski definition) is 2. The van der Waals surface area contributed by atoms with E-state index in [4.69, 9.17) is 16.9 Å². The van der Waals surface area contributed by atoms with E-state index in [1.807, 2.05) is 6.07 Å². The molecule has 96 valence electrons. The van der Waals surface area contributed by atoms with Crippen LogP contribution in [0.1, 0.15) is 29.0 Å². The Balaban J connectivity index is 3.33. The molecule has 1 aromatic rings. The zero-order valence-electron chi connectivity index (χ0n) is 9.38. The van der Waals surface area contributed by atoms with Crippen molar-refractivity contribution in [3.63, 3.8) is 0 Å². The smallest absolute Gasteiger partial charge is 0.298 e. The first-order valence-corrected chi connectivity index (χ1v) is 5.42. The highest BCUT2D eigenvalue weighted by atomic mass is 35.5. The summed E-state index contributed by atoms with van der Waals surface area (Å²) < 4.78 is 37.7. The van der Waals surface area contributed by atoms with E-state index in [0.29, 0.717) is 5.56 Å². The molecule has 1 rings (SSSR count). The van der Waals surface area contributed by atoms with Crippen molar-refractivity contribution in [1.82, 2.24) is 0 Å². The molecule has 1 atom stereocenters. The van der Waals surface area contributed by atoms with Gasteiger partial charge in [-0.05, 0) is 30.2 Å². The normalized spacial score (nSPS) is 12.9. The minimum absolute atomic E-state index is 0.0422. The van der Waals surface area contributed by atoms with Gasteiger partial charge in [-0.3, -0.25) is 4.79 Å². The van der Waals surface area contributed by atoms with E-state index in [2.05, 4.69) is 0 Å². The molecular weight excluding hydrogens is 267 g/mol. The van der Waals surface area contributed by atoms with Gasteiger partial charge in [-0.25, -0.2) is 0 Å². The van der Waals surface area contributed by atoms with Gasteiger partial charge >= 0.3 is 6.18 Å². The molecule has 0 N–H and O–H groups in total. The summed E-state index contributed by atoms with van der Waals surface area (Å²) in [6.07, 6.45) is -4.60. The number of alkyl halides is 4. The van der Waals surface area contributed by atoms with E-state index in [0.717, 1.165) is 12.1 Å². The van der Waals surface area contributed by atoms with E-state index in [-0.39, 0.29) is 12.0 Å². The summed E-state index contributed by atoms with van der Waals surface area (Å²) in [6.45, 7) is 1.19. The first kappa shape index (κ1) is 14.5. The molecule has 0 aliphatic carbocycles. The van der Waals surface area contributed by atoms with Gasteiger partial charge in [0.1, 0.15) is 5.38 Å². The first-order valence-electron chi connectivity index (χ1n) is 4.99. The summed E-state index contributed by atoms with van der Waals surface area (Å²) in [5.74, 6) is -0.463. The quantitative estimate of drug-likeness (QED) is 0.790. The van der Waals surface area contributed by atoms with Crippen molar-refractivity contribution in [1.29, 1.82) is 5.26 Å². The largest absolute Gasteiger partial charge is 0.416 e. The highest BCUT2D eigenvalue weighted by Crippen LogP contribution is 2.34. The van der Waals surface area contributed by atoms with Crippen LogP contribution in [0, 0.1) is 11.3 Å². The third-order valence-corrected chi connectivity index (χ3v) is 2.92. The molecular formula is C12H9ClF3NO. The second kappa shape index (κ2) is 5.40. The van der Waals surface area contributed by atoms with Crippen molar-refractivity contribution in [2.45, 2.75) is 24.9 Å². The fourth-order valence-electron chi connectivity index (χ4n) is 1.47. The van der Waals surface area contributed by atoms with Crippen LogP contribution in [0.4, 0.5) is 13.2 Å². The van der Waals surface area contributed by atoms with Crippen molar-refractivity contribution in [2.75, 3.05) is 0 Å². The number of rotatable bonds is 3. The molecule has 1 unspecified atom stereocenters. The third-order valence-electron chi connectivity index (χ3n) is 2.37. The van der Waals surface area contributed by atoms with Gasteiger partial charge in [-0.2, -0.15) is 18.4 Å². The number of halogens is 4. The summed E-state index contributed by atoms with van der Waals surface area (Å²) in [6, 6.07) is 4.71. The number of nitrogens with zero attached hydrogens (tertiary/aromatic N) is 1. The molecule has 0 saturated carbocycles. The molecule has 0 aliphatic heterocycles.